The molecule has 0 spiro atoms. The van der Waals surface area contributed by atoms with E-state index in [1.54, 1.807) is 0 Å². The predicted molar refractivity (Wildman–Crippen MR) is 108 cm³/mol. The number of fused-ring (bicyclic) bond motifs is 4. The van der Waals surface area contributed by atoms with E-state index < -0.39 is 0 Å². The Morgan fingerprint density at radius 2 is 1.96 bits per heavy atom. The van der Waals surface area contributed by atoms with Crippen LogP contribution in [0.15, 0.2) is 42.7 Å². The molecule has 1 saturated carbocycles. The molecule has 0 radical (unpaired) electrons. The molecular formula is C22H23N5. The highest BCUT2D eigenvalue weighted by Crippen LogP contribution is 2.29. The lowest BCUT2D eigenvalue weighted by Crippen LogP contribution is -2.41. The van der Waals surface area contributed by atoms with Crippen LogP contribution in [0.5, 0.6) is 0 Å². The molecule has 0 amide bonds. The van der Waals surface area contributed by atoms with Crippen molar-refractivity contribution in [2.24, 2.45) is 0 Å². The van der Waals surface area contributed by atoms with E-state index in [2.05, 4.69) is 49.8 Å². The Bertz CT molecular complexity index is 1130. The standard InChI is InChI=1S/C22H23N5/c1-2-18(3-1)26-9-7-21-25-19-13-15(4-5-20(19)27(21)11-10-26)17-12-16-6-8-23-22(16)24-14-17/h4-6,8,12-14,18H,1-3,7,9-11H2,(H,23,24). The van der Waals surface area contributed by atoms with Crippen molar-refractivity contribution in [2.45, 2.75) is 38.3 Å². The van der Waals surface area contributed by atoms with Crippen LogP contribution in [0.4, 0.5) is 0 Å². The van der Waals surface area contributed by atoms with Gasteiger partial charge in [0.15, 0.2) is 0 Å². The lowest BCUT2D eigenvalue weighted by atomic mass is 9.91. The summed E-state index contributed by atoms with van der Waals surface area (Å²) in [5.41, 5.74) is 5.63. The molecule has 1 aromatic carbocycles. The summed E-state index contributed by atoms with van der Waals surface area (Å²) in [6.45, 7) is 3.35. The highest BCUT2D eigenvalue weighted by Gasteiger charge is 2.27. The molecule has 3 aromatic heterocycles. The Kier molecular flexibility index (Phi) is 3.38. The van der Waals surface area contributed by atoms with E-state index in [-0.39, 0.29) is 0 Å². The van der Waals surface area contributed by atoms with Crippen LogP contribution in [0.25, 0.3) is 33.2 Å². The Morgan fingerprint density at radius 1 is 1.00 bits per heavy atom. The monoisotopic (exact) mass is 357 g/mol. The van der Waals surface area contributed by atoms with E-state index in [4.69, 9.17) is 4.98 Å². The maximum absolute atomic E-state index is 5.00. The topological polar surface area (TPSA) is 49.7 Å². The zero-order valence-electron chi connectivity index (χ0n) is 15.4. The third kappa shape index (κ3) is 2.49. The molecule has 0 unspecified atom stereocenters. The van der Waals surface area contributed by atoms with Crippen molar-refractivity contribution < 1.29 is 0 Å². The number of pyridine rings is 1. The number of hydrogen-bond acceptors (Lipinski definition) is 3. The van der Waals surface area contributed by atoms with Gasteiger partial charge in [0, 0.05) is 55.4 Å². The summed E-state index contributed by atoms with van der Waals surface area (Å²) >= 11 is 0. The number of aromatic nitrogens is 4. The van der Waals surface area contributed by atoms with Gasteiger partial charge in [-0.15, -0.1) is 0 Å². The lowest BCUT2D eigenvalue weighted by molar-refractivity contribution is 0.130. The van der Waals surface area contributed by atoms with Gasteiger partial charge >= 0.3 is 0 Å². The second-order valence-electron chi connectivity index (χ2n) is 7.89. The van der Waals surface area contributed by atoms with Crippen LogP contribution < -0.4 is 0 Å². The van der Waals surface area contributed by atoms with Crippen molar-refractivity contribution in [1.29, 1.82) is 0 Å². The smallest absolute Gasteiger partial charge is 0.137 e. The van der Waals surface area contributed by atoms with Gasteiger partial charge in [-0.3, -0.25) is 4.90 Å². The first kappa shape index (κ1) is 15.4. The molecule has 5 heteroatoms. The molecule has 4 aromatic rings. The summed E-state index contributed by atoms with van der Waals surface area (Å²) in [6.07, 6.45) is 9.09. The van der Waals surface area contributed by atoms with Crippen LogP contribution in [0.1, 0.15) is 25.1 Å². The van der Waals surface area contributed by atoms with Crippen LogP contribution in [0, 0.1) is 0 Å². The Morgan fingerprint density at radius 3 is 2.85 bits per heavy atom. The molecule has 0 atom stereocenters. The van der Waals surface area contributed by atoms with Crippen LogP contribution in [-0.2, 0) is 13.0 Å². The van der Waals surface area contributed by atoms with Crippen LogP contribution >= 0.6 is 0 Å². The average Bonchev–Trinajstić information content (AvgIpc) is 3.20. The van der Waals surface area contributed by atoms with Gasteiger partial charge in [-0.05, 0) is 42.7 Å². The van der Waals surface area contributed by atoms with E-state index in [0.717, 1.165) is 54.2 Å². The molecule has 0 bridgehead atoms. The first-order chi connectivity index (χ1) is 13.3. The quantitative estimate of drug-likeness (QED) is 0.590. The van der Waals surface area contributed by atoms with E-state index in [0.29, 0.717) is 0 Å². The van der Waals surface area contributed by atoms with Gasteiger partial charge < -0.3 is 9.55 Å². The van der Waals surface area contributed by atoms with Crippen molar-refractivity contribution in [3.63, 3.8) is 0 Å². The van der Waals surface area contributed by atoms with Gasteiger partial charge in [-0.2, -0.15) is 0 Å². The van der Waals surface area contributed by atoms with E-state index >= 15 is 0 Å². The first-order valence-corrected chi connectivity index (χ1v) is 10.0. The molecule has 0 saturated heterocycles. The van der Waals surface area contributed by atoms with Crippen molar-refractivity contribution in [2.75, 3.05) is 13.1 Å². The van der Waals surface area contributed by atoms with Gasteiger partial charge in [0.25, 0.3) is 0 Å². The minimum absolute atomic E-state index is 0.823. The second kappa shape index (κ2) is 5.92. The maximum atomic E-state index is 5.00. The average molecular weight is 357 g/mol. The third-order valence-corrected chi connectivity index (χ3v) is 6.39. The molecule has 1 fully saturated rings. The second-order valence-corrected chi connectivity index (χ2v) is 7.89. The molecule has 1 aliphatic heterocycles. The Hall–Kier alpha value is -2.66. The summed E-state index contributed by atoms with van der Waals surface area (Å²) in [6, 6.07) is 11.7. The summed E-state index contributed by atoms with van der Waals surface area (Å²) in [5.74, 6) is 1.24. The number of H-pyrrole nitrogens is 1. The fourth-order valence-corrected chi connectivity index (χ4v) is 4.60. The minimum atomic E-state index is 0.823. The predicted octanol–water partition coefficient (Wildman–Crippen LogP) is 3.99. The molecule has 4 heterocycles. The largest absolute Gasteiger partial charge is 0.346 e. The molecule has 1 N–H and O–H groups in total. The number of rotatable bonds is 2. The zero-order chi connectivity index (χ0) is 17.8. The van der Waals surface area contributed by atoms with Crippen LogP contribution in [-0.4, -0.2) is 43.6 Å². The number of nitrogens with zero attached hydrogens (tertiary/aromatic N) is 4. The molecule has 5 nitrogen and oxygen atoms in total. The van der Waals surface area contributed by atoms with Gasteiger partial charge in [-0.25, -0.2) is 9.97 Å². The van der Waals surface area contributed by atoms with E-state index in [1.807, 2.05) is 12.4 Å². The normalized spacial score (nSPS) is 18.5. The minimum Gasteiger partial charge on any atom is -0.346 e. The van der Waals surface area contributed by atoms with E-state index in [1.165, 1.54) is 36.2 Å². The van der Waals surface area contributed by atoms with Gasteiger partial charge in [0.2, 0.25) is 0 Å². The van der Waals surface area contributed by atoms with Crippen molar-refractivity contribution >= 4 is 22.1 Å². The molecule has 1 aliphatic carbocycles. The number of hydrogen-bond donors (Lipinski definition) is 1. The van der Waals surface area contributed by atoms with Crippen molar-refractivity contribution in [3.8, 4) is 11.1 Å². The number of aromatic amines is 1. The molecular weight excluding hydrogens is 334 g/mol. The summed E-state index contributed by atoms with van der Waals surface area (Å²) in [7, 11) is 0. The van der Waals surface area contributed by atoms with Gasteiger partial charge in [0.1, 0.15) is 11.5 Å². The fourth-order valence-electron chi connectivity index (χ4n) is 4.60. The number of benzene rings is 1. The SMILES string of the molecule is c1cc2cc(-c3ccc4c(c3)nc3n4CCN(C4CCC4)CC3)cnc2[nH]1. The zero-order valence-corrected chi connectivity index (χ0v) is 15.4. The number of nitrogens with one attached hydrogen (secondary N) is 1. The number of imidazole rings is 1. The summed E-state index contributed by atoms with van der Waals surface area (Å²) < 4.78 is 2.44. The highest BCUT2D eigenvalue weighted by atomic mass is 15.2. The third-order valence-electron chi connectivity index (χ3n) is 6.39. The van der Waals surface area contributed by atoms with Crippen molar-refractivity contribution in [3.05, 3.63) is 48.5 Å². The van der Waals surface area contributed by atoms with Gasteiger partial charge in [0.05, 0.1) is 11.0 Å². The van der Waals surface area contributed by atoms with E-state index in [9.17, 15) is 0 Å². The first-order valence-electron chi connectivity index (χ1n) is 10.0. The summed E-state index contributed by atoms with van der Waals surface area (Å²) in [5, 5.41) is 1.14. The van der Waals surface area contributed by atoms with Crippen LogP contribution in [0.3, 0.4) is 0 Å². The van der Waals surface area contributed by atoms with Crippen molar-refractivity contribution in [1.82, 2.24) is 24.4 Å². The van der Waals surface area contributed by atoms with Crippen LogP contribution in [0.2, 0.25) is 0 Å². The molecule has 2 aliphatic rings. The fraction of sp³-hybridized carbons (Fsp3) is 0.364. The molecule has 136 valence electrons. The Balaban J connectivity index is 1.35. The Labute approximate surface area is 158 Å². The summed E-state index contributed by atoms with van der Waals surface area (Å²) in [4.78, 5) is 15.4. The molecule has 6 rings (SSSR count). The highest BCUT2D eigenvalue weighted by molar-refractivity contribution is 5.86. The lowest BCUT2D eigenvalue weighted by Gasteiger charge is -2.36. The maximum Gasteiger partial charge on any atom is 0.137 e. The van der Waals surface area contributed by atoms with Gasteiger partial charge in [-0.1, -0.05) is 12.5 Å². The molecule has 27 heavy (non-hydrogen) atoms.